The number of benzene rings is 1. The molecule has 1 aromatic heterocycles. The molecule has 1 aromatic carbocycles. The van der Waals surface area contributed by atoms with E-state index >= 15 is 0 Å². The van der Waals surface area contributed by atoms with Crippen molar-refractivity contribution in [3.05, 3.63) is 47.2 Å². The number of carbonyl (C=O) groups excluding carboxylic acids is 2. The van der Waals surface area contributed by atoms with Gasteiger partial charge in [0.1, 0.15) is 17.8 Å². The van der Waals surface area contributed by atoms with Crippen molar-refractivity contribution in [1.29, 1.82) is 0 Å². The standard InChI is InChI=1S/C32H40N2O6/c1-6-13-33-25(36)17-38-24-15-18-14-20-19-9-7-8-10-21(19)34-26(20)30(18,5)29(4)11-12-31-23(32(24,29)37)16-22(35)27(39-31)28(2,3)40-31/h7-10,16,18,24,27,34,37H,6,11-15,17H2,1-5H3,(H,33,36)/t18-,24+,27+,29-,30-,31+,32+/m1/s1. The van der Waals surface area contributed by atoms with Gasteiger partial charge in [-0.15, -0.1) is 0 Å². The zero-order valence-electron chi connectivity index (χ0n) is 24.1. The van der Waals surface area contributed by atoms with Crippen LogP contribution in [-0.4, -0.2) is 64.1 Å². The smallest absolute Gasteiger partial charge is 0.246 e. The summed E-state index contributed by atoms with van der Waals surface area (Å²) in [6, 6.07) is 8.36. The Kier molecular flexibility index (Phi) is 5.46. The third-order valence-corrected chi connectivity index (χ3v) is 11.2. The van der Waals surface area contributed by atoms with Gasteiger partial charge in [-0.2, -0.15) is 0 Å². The van der Waals surface area contributed by atoms with Crippen LogP contribution in [0.1, 0.15) is 71.6 Å². The van der Waals surface area contributed by atoms with E-state index in [2.05, 4.69) is 42.3 Å². The van der Waals surface area contributed by atoms with Crippen molar-refractivity contribution in [2.24, 2.45) is 11.3 Å². The van der Waals surface area contributed by atoms with Gasteiger partial charge in [-0.3, -0.25) is 9.59 Å². The number of rotatable bonds is 5. The molecular formula is C32H40N2O6. The SMILES string of the molecule is CCCNC(=O)CO[C@H]1C[C@H]2Cc3c([nH]c4ccccc34)[C@]2(C)[C@@]2(C)CC[C@@]34O[C@@H](C(=O)C=C3[C@]12O)C(C)(C)O4. The van der Waals surface area contributed by atoms with Crippen molar-refractivity contribution in [3.63, 3.8) is 0 Å². The summed E-state index contributed by atoms with van der Waals surface area (Å²) in [6.45, 7) is 10.6. The molecule has 7 rings (SSSR count). The fourth-order valence-electron chi connectivity index (χ4n) is 9.08. The number of fused-ring (bicyclic) bond motifs is 9. The second-order valence-electron chi connectivity index (χ2n) is 13.5. The first kappa shape index (κ1) is 26.4. The molecule has 2 aliphatic heterocycles. The molecular weight excluding hydrogens is 508 g/mol. The lowest BCUT2D eigenvalue weighted by atomic mass is 9.41. The Labute approximate surface area is 234 Å². The summed E-state index contributed by atoms with van der Waals surface area (Å²) in [5.74, 6) is -1.43. The first-order chi connectivity index (χ1) is 18.9. The summed E-state index contributed by atoms with van der Waals surface area (Å²) < 4.78 is 19.4. The van der Waals surface area contributed by atoms with Crippen LogP contribution >= 0.6 is 0 Å². The van der Waals surface area contributed by atoms with E-state index < -0.39 is 40.0 Å². The molecule has 0 unspecified atom stereocenters. The van der Waals surface area contributed by atoms with Crippen molar-refractivity contribution in [2.75, 3.05) is 13.2 Å². The Morgan fingerprint density at radius 3 is 2.75 bits per heavy atom. The number of aromatic nitrogens is 1. The number of nitrogens with one attached hydrogen (secondary N) is 2. The van der Waals surface area contributed by atoms with E-state index in [1.807, 2.05) is 26.8 Å². The average Bonchev–Trinajstić information content (AvgIpc) is 3.50. The van der Waals surface area contributed by atoms with Gasteiger partial charge in [0, 0.05) is 46.0 Å². The number of carbonyl (C=O) groups is 2. The molecule has 8 heteroatoms. The van der Waals surface area contributed by atoms with E-state index in [1.165, 1.54) is 10.9 Å². The first-order valence-electron chi connectivity index (χ1n) is 14.8. The zero-order chi connectivity index (χ0) is 28.3. The number of hydrogen-bond acceptors (Lipinski definition) is 6. The molecule has 0 radical (unpaired) electrons. The highest BCUT2D eigenvalue weighted by Crippen LogP contribution is 2.72. The normalized spacial score (nSPS) is 40.7. The molecule has 1 spiro atoms. The molecule has 3 fully saturated rings. The summed E-state index contributed by atoms with van der Waals surface area (Å²) in [5, 5.41) is 17.4. The zero-order valence-corrected chi connectivity index (χ0v) is 24.1. The van der Waals surface area contributed by atoms with Crippen molar-refractivity contribution < 1.29 is 28.9 Å². The minimum absolute atomic E-state index is 0.162. The highest BCUT2D eigenvalue weighted by molar-refractivity contribution is 5.97. The van der Waals surface area contributed by atoms with Crippen molar-refractivity contribution in [3.8, 4) is 0 Å². The molecule has 2 saturated carbocycles. The molecule has 3 aliphatic carbocycles. The van der Waals surface area contributed by atoms with Crippen LogP contribution in [0.2, 0.25) is 0 Å². The topological polar surface area (TPSA) is 110 Å². The number of aliphatic hydroxyl groups is 1. The number of ether oxygens (including phenoxy) is 3. The lowest BCUT2D eigenvalue weighted by molar-refractivity contribution is -0.279. The Hall–Kier alpha value is -2.52. The summed E-state index contributed by atoms with van der Waals surface area (Å²) in [6.07, 6.45) is 3.48. The highest BCUT2D eigenvalue weighted by atomic mass is 16.8. The van der Waals surface area contributed by atoms with Gasteiger partial charge in [0.05, 0.1) is 6.10 Å². The van der Waals surface area contributed by atoms with Gasteiger partial charge in [0.15, 0.2) is 17.7 Å². The van der Waals surface area contributed by atoms with E-state index in [-0.39, 0.29) is 24.2 Å². The van der Waals surface area contributed by atoms with Crippen LogP contribution < -0.4 is 5.32 Å². The van der Waals surface area contributed by atoms with Gasteiger partial charge in [-0.1, -0.05) is 39.0 Å². The second kappa shape index (κ2) is 8.28. The lowest BCUT2D eigenvalue weighted by Gasteiger charge is -2.67. The van der Waals surface area contributed by atoms with Gasteiger partial charge in [-0.25, -0.2) is 0 Å². The maximum absolute atomic E-state index is 13.5. The summed E-state index contributed by atoms with van der Waals surface area (Å²) >= 11 is 0. The van der Waals surface area contributed by atoms with Crippen LogP contribution in [0.25, 0.3) is 10.9 Å². The predicted octanol–water partition coefficient (Wildman–Crippen LogP) is 3.84. The Bertz CT molecular complexity index is 1460. The molecule has 7 atom stereocenters. The van der Waals surface area contributed by atoms with Crippen LogP contribution in [0.15, 0.2) is 35.9 Å². The largest absolute Gasteiger partial charge is 0.382 e. The molecule has 214 valence electrons. The fourth-order valence-corrected chi connectivity index (χ4v) is 9.08. The third-order valence-electron chi connectivity index (χ3n) is 11.2. The van der Waals surface area contributed by atoms with Gasteiger partial charge >= 0.3 is 0 Å². The summed E-state index contributed by atoms with van der Waals surface area (Å²) in [4.78, 5) is 29.9. The van der Waals surface area contributed by atoms with Crippen LogP contribution in [-0.2, 0) is 35.6 Å². The molecule has 3 N–H and O–H groups in total. The summed E-state index contributed by atoms with van der Waals surface area (Å²) in [7, 11) is 0. The number of ketones is 1. The number of hydrogen-bond donors (Lipinski definition) is 3. The molecule has 2 aromatic rings. The number of para-hydroxylation sites is 1. The van der Waals surface area contributed by atoms with E-state index in [0.717, 1.165) is 24.1 Å². The molecule has 40 heavy (non-hydrogen) atoms. The monoisotopic (exact) mass is 548 g/mol. The molecule has 1 amide bonds. The van der Waals surface area contributed by atoms with E-state index in [9.17, 15) is 14.7 Å². The van der Waals surface area contributed by atoms with Crippen molar-refractivity contribution in [2.45, 2.75) is 101 Å². The van der Waals surface area contributed by atoms with Crippen LogP contribution in [0.5, 0.6) is 0 Å². The molecule has 1 saturated heterocycles. The number of H-pyrrole nitrogens is 1. The number of aromatic amines is 1. The van der Waals surface area contributed by atoms with Gasteiger partial charge in [0.25, 0.3) is 0 Å². The van der Waals surface area contributed by atoms with E-state index in [0.29, 0.717) is 31.4 Å². The average molecular weight is 549 g/mol. The molecule has 2 bridgehead atoms. The van der Waals surface area contributed by atoms with Crippen molar-refractivity contribution >= 4 is 22.6 Å². The third kappa shape index (κ3) is 3.06. The predicted molar refractivity (Wildman–Crippen MR) is 149 cm³/mol. The fraction of sp³-hybridized carbons (Fsp3) is 0.625. The molecule has 8 nitrogen and oxygen atoms in total. The first-order valence-corrected chi connectivity index (χ1v) is 14.8. The number of amides is 1. The van der Waals surface area contributed by atoms with Gasteiger partial charge in [-0.05, 0) is 63.2 Å². The molecule has 5 aliphatic rings. The van der Waals surface area contributed by atoms with Gasteiger partial charge < -0.3 is 29.6 Å². The van der Waals surface area contributed by atoms with E-state index in [4.69, 9.17) is 14.2 Å². The second-order valence-corrected chi connectivity index (χ2v) is 13.5. The quantitative estimate of drug-likeness (QED) is 0.524. The maximum Gasteiger partial charge on any atom is 0.246 e. The van der Waals surface area contributed by atoms with Crippen LogP contribution in [0.4, 0.5) is 0 Å². The Morgan fingerprint density at radius 2 is 1.98 bits per heavy atom. The maximum atomic E-state index is 13.5. The minimum Gasteiger partial charge on any atom is -0.382 e. The Morgan fingerprint density at radius 1 is 1.20 bits per heavy atom. The minimum atomic E-state index is -1.61. The van der Waals surface area contributed by atoms with Crippen LogP contribution in [0.3, 0.4) is 0 Å². The van der Waals surface area contributed by atoms with E-state index in [1.54, 1.807) is 6.08 Å². The van der Waals surface area contributed by atoms with Crippen molar-refractivity contribution in [1.82, 2.24) is 10.3 Å². The Balaban J connectivity index is 1.38. The van der Waals surface area contributed by atoms with Gasteiger partial charge in [0.2, 0.25) is 5.91 Å². The summed E-state index contributed by atoms with van der Waals surface area (Å²) in [5.41, 5.74) is 0.358. The highest BCUT2D eigenvalue weighted by Gasteiger charge is 2.78. The van der Waals surface area contributed by atoms with Crippen LogP contribution in [0, 0.1) is 11.3 Å². The lowest BCUT2D eigenvalue weighted by Crippen LogP contribution is -2.75. The molecule has 3 heterocycles.